The molecule has 3 aromatic heterocycles. The van der Waals surface area contributed by atoms with Gasteiger partial charge in [-0.25, -0.2) is 4.98 Å². The summed E-state index contributed by atoms with van der Waals surface area (Å²) in [6, 6.07) is 3.24. The van der Waals surface area contributed by atoms with Crippen LogP contribution >= 0.6 is 0 Å². The van der Waals surface area contributed by atoms with Crippen molar-refractivity contribution in [2.24, 2.45) is 13.0 Å². The molecule has 10 nitrogen and oxygen atoms in total. The number of rotatable bonds is 8. The van der Waals surface area contributed by atoms with Crippen LogP contribution in [0.1, 0.15) is 27.3 Å². The molecule has 32 heavy (non-hydrogen) atoms. The van der Waals surface area contributed by atoms with Gasteiger partial charge in [0.2, 0.25) is 5.91 Å². The highest BCUT2D eigenvalue weighted by Gasteiger charge is 2.30. The number of hydrogen-bond acceptors (Lipinski definition) is 6. The topological polar surface area (TPSA) is 119 Å². The molecule has 10 heteroatoms. The number of fused-ring (bicyclic) bond motifs is 1. The first-order valence-electron chi connectivity index (χ1n) is 11.7. The highest BCUT2D eigenvalue weighted by molar-refractivity contribution is 6.03. The van der Waals surface area contributed by atoms with E-state index in [1.54, 1.807) is 37.2 Å². The average molecular weight is 442 g/mol. The number of carbonyl (C=O) groups is 2. The number of aryl methyl sites for hydroxylation is 1. The summed E-state index contributed by atoms with van der Waals surface area (Å²) in [5.41, 5.74) is 0.946. The summed E-state index contributed by atoms with van der Waals surface area (Å²) in [4.78, 5) is 42.2. The molecule has 0 saturated heterocycles. The lowest BCUT2D eigenvalue weighted by atomic mass is 10.2. The molecule has 1 aliphatic rings. The van der Waals surface area contributed by atoms with Crippen LogP contribution < -0.4 is 21.5 Å². The van der Waals surface area contributed by atoms with E-state index in [2.05, 4.69) is 15.6 Å². The van der Waals surface area contributed by atoms with Crippen molar-refractivity contribution in [2.75, 3.05) is 31.3 Å². The summed E-state index contributed by atoms with van der Waals surface area (Å²) < 4.78 is 30.4. The number of hydrogen-bond donors (Lipinski definition) is 3. The van der Waals surface area contributed by atoms with Gasteiger partial charge in [0, 0.05) is 62.4 Å². The zero-order chi connectivity index (χ0) is 25.3. The third-order valence-corrected chi connectivity index (χ3v) is 5.38. The van der Waals surface area contributed by atoms with E-state index in [1.807, 2.05) is 5.32 Å². The molecule has 0 spiro atoms. The Hall–Kier alpha value is -3.66. The minimum Gasteiger partial charge on any atom is -0.383 e. The van der Waals surface area contributed by atoms with E-state index in [1.165, 1.54) is 16.8 Å². The van der Waals surface area contributed by atoms with E-state index < -0.39 is 12.9 Å². The summed E-state index contributed by atoms with van der Waals surface area (Å²) >= 11 is 0. The van der Waals surface area contributed by atoms with E-state index in [-0.39, 0.29) is 34.5 Å². The Kier molecular flexibility index (Phi) is 4.96. The van der Waals surface area contributed by atoms with Crippen LogP contribution in [0.3, 0.4) is 0 Å². The Balaban J connectivity index is 1.76. The van der Waals surface area contributed by atoms with Crippen LogP contribution in [0.25, 0.3) is 10.9 Å². The first-order chi connectivity index (χ1) is 16.6. The van der Waals surface area contributed by atoms with Crippen molar-refractivity contribution in [3.8, 4) is 0 Å². The zero-order valence-corrected chi connectivity index (χ0v) is 17.8. The van der Waals surface area contributed by atoms with Crippen LogP contribution in [-0.2, 0) is 23.1 Å². The molecule has 0 bridgehead atoms. The van der Waals surface area contributed by atoms with Crippen molar-refractivity contribution in [3.05, 3.63) is 46.6 Å². The normalized spacial score (nSPS) is 15.0. The molecule has 1 aliphatic carbocycles. The van der Waals surface area contributed by atoms with Crippen molar-refractivity contribution in [3.63, 3.8) is 0 Å². The molecule has 0 atom stereocenters. The molecule has 2 amide bonds. The van der Waals surface area contributed by atoms with Crippen molar-refractivity contribution in [1.82, 2.24) is 19.4 Å². The van der Waals surface area contributed by atoms with Gasteiger partial charge in [-0.1, -0.05) is 0 Å². The first-order valence-corrected chi connectivity index (χ1v) is 10.2. The number of methoxy groups -OCH3 is 1. The molecule has 0 aliphatic heterocycles. The van der Waals surface area contributed by atoms with E-state index in [9.17, 15) is 14.4 Å². The maximum Gasteiger partial charge on any atom is 0.262 e. The predicted octanol–water partition coefficient (Wildman–Crippen LogP) is 1.83. The number of anilines is 3. The monoisotopic (exact) mass is 441 g/mol. The standard InChI is InChI=1S/C22H26N6O4/c1-23-21(30)14-11-24-18(26-20(29)13-4-5-13)10-15(14)25-16-12-27(2)17-6-7-28(8-9-32-3)22(31)19(16)17/h6-7,10-13H,4-5,8-9H2,1-3H3,(H,23,30)(H2,24,25,26,29)/i1D3. The predicted molar refractivity (Wildman–Crippen MR) is 121 cm³/mol. The number of carbonyl (C=O) groups excluding carboxylic acids is 2. The van der Waals surface area contributed by atoms with Crippen LogP contribution in [0.4, 0.5) is 17.2 Å². The van der Waals surface area contributed by atoms with E-state index in [4.69, 9.17) is 8.85 Å². The highest BCUT2D eigenvalue weighted by Crippen LogP contribution is 2.31. The minimum absolute atomic E-state index is 0.0572. The molecule has 1 fully saturated rings. The fourth-order valence-corrected chi connectivity index (χ4v) is 3.49. The van der Waals surface area contributed by atoms with Crippen LogP contribution in [-0.4, -0.2) is 46.6 Å². The molecule has 4 rings (SSSR count). The minimum atomic E-state index is -2.71. The second-order valence-corrected chi connectivity index (χ2v) is 7.68. The Labute approximate surface area is 188 Å². The SMILES string of the molecule is [2H]C([2H])([2H])NC(=O)c1cnc(NC(=O)C2CC2)cc1Nc1cn(C)c2ccn(CCOC)c(=O)c12. The summed E-state index contributed by atoms with van der Waals surface area (Å²) in [7, 11) is 3.33. The molecule has 3 N–H and O–H groups in total. The summed E-state index contributed by atoms with van der Waals surface area (Å²) in [6.07, 6.45) is 6.18. The number of aromatic nitrogens is 3. The molecule has 0 unspecified atom stereocenters. The van der Waals surface area contributed by atoms with Gasteiger partial charge in [0.05, 0.1) is 34.4 Å². The van der Waals surface area contributed by atoms with Gasteiger partial charge in [0.25, 0.3) is 11.5 Å². The molecule has 0 aromatic carbocycles. The van der Waals surface area contributed by atoms with Gasteiger partial charge < -0.3 is 29.8 Å². The number of pyridine rings is 2. The maximum absolute atomic E-state index is 13.2. The number of ether oxygens (including phenoxy) is 1. The van der Waals surface area contributed by atoms with Crippen molar-refractivity contribution >= 4 is 39.9 Å². The molecule has 3 aromatic rings. The van der Waals surface area contributed by atoms with Crippen LogP contribution in [0.2, 0.25) is 0 Å². The Morgan fingerprint density at radius 1 is 1.34 bits per heavy atom. The smallest absolute Gasteiger partial charge is 0.262 e. The fourth-order valence-electron chi connectivity index (χ4n) is 3.49. The Morgan fingerprint density at radius 3 is 2.88 bits per heavy atom. The van der Waals surface area contributed by atoms with Gasteiger partial charge in [-0.15, -0.1) is 0 Å². The lowest BCUT2D eigenvalue weighted by molar-refractivity contribution is -0.117. The second kappa shape index (κ2) is 8.83. The van der Waals surface area contributed by atoms with Gasteiger partial charge in [0.1, 0.15) is 5.82 Å². The number of amides is 2. The zero-order valence-electron chi connectivity index (χ0n) is 20.8. The van der Waals surface area contributed by atoms with E-state index >= 15 is 0 Å². The lowest BCUT2D eigenvalue weighted by Crippen LogP contribution is -2.22. The molecule has 3 heterocycles. The average Bonchev–Trinajstić information content (AvgIpc) is 3.57. The summed E-state index contributed by atoms with van der Waals surface area (Å²) in [6.45, 7) is -1.99. The van der Waals surface area contributed by atoms with E-state index in [0.717, 1.165) is 12.8 Å². The molecule has 168 valence electrons. The quantitative estimate of drug-likeness (QED) is 0.491. The van der Waals surface area contributed by atoms with Gasteiger partial charge >= 0.3 is 0 Å². The second-order valence-electron chi connectivity index (χ2n) is 7.68. The number of nitrogens with zero attached hydrogens (tertiary/aromatic N) is 3. The Morgan fingerprint density at radius 2 is 2.16 bits per heavy atom. The number of nitrogens with one attached hydrogen (secondary N) is 3. The largest absolute Gasteiger partial charge is 0.383 e. The van der Waals surface area contributed by atoms with Crippen molar-refractivity contribution < 1.29 is 18.4 Å². The third kappa shape index (κ3) is 4.22. The van der Waals surface area contributed by atoms with Crippen LogP contribution in [0.15, 0.2) is 35.5 Å². The van der Waals surface area contributed by atoms with Crippen LogP contribution in [0, 0.1) is 5.92 Å². The third-order valence-electron chi connectivity index (χ3n) is 5.38. The van der Waals surface area contributed by atoms with Crippen LogP contribution in [0.5, 0.6) is 0 Å². The summed E-state index contributed by atoms with van der Waals surface area (Å²) in [5, 5.41) is 8.13. The van der Waals surface area contributed by atoms with Crippen molar-refractivity contribution in [2.45, 2.75) is 19.4 Å². The highest BCUT2D eigenvalue weighted by atomic mass is 16.5. The van der Waals surface area contributed by atoms with E-state index in [0.29, 0.717) is 29.7 Å². The lowest BCUT2D eigenvalue weighted by Gasteiger charge is -2.13. The Bertz CT molecular complexity index is 1340. The van der Waals surface area contributed by atoms with Gasteiger partial charge in [-0.05, 0) is 18.9 Å². The molecular formula is C22H26N6O4. The van der Waals surface area contributed by atoms with Gasteiger partial charge in [-0.2, -0.15) is 0 Å². The van der Waals surface area contributed by atoms with Gasteiger partial charge in [-0.3, -0.25) is 14.4 Å². The fraction of sp³-hybridized carbons (Fsp3) is 0.364. The maximum atomic E-state index is 13.2. The first kappa shape index (κ1) is 18.0. The summed E-state index contributed by atoms with van der Waals surface area (Å²) in [5.74, 6) is -0.907. The van der Waals surface area contributed by atoms with Crippen molar-refractivity contribution in [1.29, 1.82) is 0 Å². The molecule has 1 saturated carbocycles. The molecule has 0 radical (unpaired) electrons. The molecular weight excluding hydrogens is 412 g/mol. The van der Waals surface area contributed by atoms with Gasteiger partial charge in [0.15, 0.2) is 0 Å².